The molecule has 0 bridgehead atoms. The van der Waals surface area contributed by atoms with E-state index < -0.39 is 38.1 Å². The fourth-order valence-corrected chi connectivity index (χ4v) is 8.25. The molecule has 0 aliphatic carbocycles. The minimum atomic E-state index is -2.36. The Kier molecular flexibility index (Phi) is 21.9. The Bertz CT molecular complexity index is 4530. The van der Waals surface area contributed by atoms with Gasteiger partial charge in [-0.1, -0.05) is 85.8 Å². The first kappa shape index (κ1) is 58.9. The highest BCUT2D eigenvalue weighted by Gasteiger charge is 2.19. The smallest absolute Gasteiger partial charge is 0.184 e. The van der Waals surface area contributed by atoms with Gasteiger partial charge in [-0.3, -0.25) is 23.7 Å². The van der Waals surface area contributed by atoms with E-state index in [-0.39, 0.29) is 43.5 Å². The van der Waals surface area contributed by atoms with E-state index in [1.165, 1.54) is 30.7 Å². The van der Waals surface area contributed by atoms with Gasteiger partial charge in [0.15, 0.2) is 40.5 Å². The van der Waals surface area contributed by atoms with Gasteiger partial charge < -0.3 is 36.9 Å². The van der Waals surface area contributed by atoms with Crippen LogP contribution < -0.4 is 36.9 Å². The van der Waals surface area contributed by atoms with Crippen molar-refractivity contribution in [1.29, 1.82) is 15.8 Å². The topological polar surface area (TPSA) is 368 Å². The van der Waals surface area contributed by atoms with E-state index >= 15 is 0 Å². The minimum Gasteiger partial charge on any atom is -0.494 e. The van der Waals surface area contributed by atoms with Crippen molar-refractivity contribution in [2.75, 3.05) is 41.6 Å². The first-order valence-electron chi connectivity index (χ1n) is 29.2. The number of nitrogens with one attached hydrogen (secondary N) is 3. The van der Waals surface area contributed by atoms with E-state index in [0.29, 0.717) is 92.5 Å². The highest BCUT2D eigenvalue weighted by molar-refractivity contribution is 6.36. The number of nitrogens with two attached hydrogens (primary N) is 2. The second-order valence-corrected chi connectivity index (χ2v) is 19.1. The fraction of sp³-hybridized carbons (Fsp3) is 0.161. The van der Waals surface area contributed by atoms with Crippen LogP contribution in [0.1, 0.15) is 96.3 Å². The number of halogens is 3. The zero-order chi connectivity index (χ0) is 70.3. The Morgan fingerprint density at radius 2 is 1.01 bits per heavy atom. The number of hydrogen-bond donors (Lipinski definition) is 5. The van der Waals surface area contributed by atoms with Crippen molar-refractivity contribution in [3.05, 3.63) is 189 Å². The number of anilines is 8. The number of benzene rings is 2. The van der Waals surface area contributed by atoms with Crippen LogP contribution in [0.15, 0.2) is 140 Å². The summed E-state index contributed by atoms with van der Waals surface area (Å²) in [7, 11) is 6.76. The molecule has 456 valence electrons. The standard InChI is InChI=1S/C24H22N8O2.C14H11ClN4O.C10H12N4O.C8H7Cl2NO.C6H5N3/c1-4-20(33)17-13-26-22(30-21-10-5-7-15(12-25)28-21)11-19(17)29-18-9-6-8-16(23(18)34-3)24-27-14-32(2)31-24;1-2-12(20)10-8-17-14(6-11(10)15)19-13-5-3-4-9(7-16)18-13;1-14-6-12-10(13-14)7-4-3-5-8(11)9(7)15-2;1-2-7(12)5-4-11-8(10)3-6(5)9;7-4-5-2-1-3-6(8)9-5/h5-11,13-14H,4H2,1-3H3,(H2,26,28,29,30);3-6,8H,2H2,1H3,(H,17,18,19);3-6H,11H2,1-2H3;3-4H,2H2,1H3;1-3H,(H2,8,9)/i;1D3;;1D3;. The van der Waals surface area contributed by atoms with Gasteiger partial charge in [-0.2, -0.15) is 26.0 Å². The maximum Gasteiger partial charge on any atom is 0.184 e. The molecule has 0 saturated heterocycles. The molecule has 25 nitrogen and oxygen atoms in total. The molecule has 0 radical (unpaired) electrons. The van der Waals surface area contributed by atoms with Crippen molar-refractivity contribution < 1.29 is 32.1 Å². The summed E-state index contributed by atoms with van der Waals surface area (Å²) in [5.74, 6) is 3.09. The number of ketones is 3. The highest BCUT2D eigenvalue weighted by atomic mass is 35.5. The van der Waals surface area contributed by atoms with Crippen LogP contribution in [-0.4, -0.2) is 91.0 Å². The Balaban J connectivity index is 0.000000204. The number of pyridine rings is 6. The molecule has 0 aliphatic rings. The van der Waals surface area contributed by atoms with E-state index in [2.05, 4.69) is 66.0 Å². The quantitative estimate of drug-likeness (QED) is 0.0341. The lowest BCUT2D eigenvalue weighted by Gasteiger charge is -2.17. The summed E-state index contributed by atoms with van der Waals surface area (Å²) in [4.78, 5) is 68.4. The van der Waals surface area contributed by atoms with Gasteiger partial charge in [0, 0.05) is 72.3 Å². The van der Waals surface area contributed by atoms with Crippen LogP contribution in [0.3, 0.4) is 0 Å². The Labute approximate surface area is 540 Å². The number of carbonyl (C=O) groups is 3. The number of carbonyl (C=O) groups excluding carboxylic acids is 3. The number of Topliss-reactive ketones (excluding diaryl/α,β-unsaturated/α-hetero) is 3. The number of nitrogen functional groups attached to an aromatic ring is 2. The summed E-state index contributed by atoms with van der Waals surface area (Å²) in [6.07, 6.45) is 6.32. The summed E-state index contributed by atoms with van der Waals surface area (Å²) in [6.45, 7) is -2.87. The van der Waals surface area contributed by atoms with E-state index in [1.54, 1.807) is 117 Å². The Morgan fingerprint density at radius 1 is 0.544 bits per heavy atom. The van der Waals surface area contributed by atoms with E-state index in [1.807, 2.05) is 55.6 Å². The third-order valence-electron chi connectivity index (χ3n) is 11.7. The van der Waals surface area contributed by atoms with Gasteiger partial charge in [-0.25, -0.2) is 39.9 Å². The SMILES string of the molecule is CCC(=O)c1cnc(Nc2cccc(C#N)n2)cc1Nc1cccc(-c2ncn(C)n2)c1OC.COc1c(N)cccc1-c1ncn(C)n1.N#Cc1cccc(N)n1.[2H]C([2H])([2H])CC(=O)c1cnc(Cl)cc1Cl.[2H]C([2H])([2H])CC(=O)c1cnc(Nc2cccc(C#N)n2)cc1Cl. The molecular formula is C62H57Cl3N20O5. The van der Waals surface area contributed by atoms with Gasteiger partial charge in [0.25, 0.3) is 0 Å². The van der Waals surface area contributed by atoms with Crippen molar-refractivity contribution in [3.8, 4) is 52.5 Å². The molecule has 0 saturated carbocycles. The number of ether oxygens (including phenoxy) is 2. The molecule has 7 N–H and O–H groups in total. The molecule has 10 aromatic rings. The van der Waals surface area contributed by atoms with E-state index in [0.717, 1.165) is 5.56 Å². The second-order valence-electron chi connectivity index (χ2n) is 17.9. The van der Waals surface area contributed by atoms with Gasteiger partial charge in [-0.15, -0.1) is 0 Å². The van der Waals surface area contributed by atoms with Gasteiger partial charge in [-0.05, 0) is 66.7 Å². The van der Waals surface area contributed by atoms with Gasteiger partial charge in [0.1, 0.15) is 82.2 Å². The van der Waals surface area contributed by atoms with Crippen LogP contribution in [0.25, 0.3) is 22.8 Å². The lowest BCUT2D eigenvalue weighted by molar-refractivity contribution is 0.0980. The number of methoxy groups -OCH3 is 2. The van der Waals surface area contributed by atoms with E-state index in [4.69, 9.17) is 79.8 Å². The molecule has 0 aliphatic heterocycles. The molecule has 0 atom stereocenters. The molecule has 0 spiro atoms. The van der Waals surface area contributed by atoms with Crippen molar-refractivity contribution in [3.63, 3.8) is 0 Å². The summed E-state index contributed by atoms with van der Waals surface area (Å²) < 4.78 is 56.3. The van der Waals surface area contributed by atoms with Crippen molar-refractivity contribution in [1.82, 2.24) is 59.4 Å². The normalized spacial score (nSPS) is 11.3. The highest BCUT2D eigenvalue weighted by Crippen LogP contribution is 2.38. The number of rotatable bonds is 16. The average molecular weight is 1270 g/mol. The molecule has 8 aromatic heterocycles. The molecular weight excluding hydrogens is 1210 g/mol. The summed E-state index contributed by atoms with van der Waals surface area (Å²) in [6, 6.07) is 36.2. The number of nitrogens with zero attached hydrogens (tertiary/aromatic N) is 15. The Hall–Kier alpha value is -11.4. The van der Waals surface area contributed by atoms with Crippen LogP contribution in [0.5, 0.6) is 11.5 Å². The number of hydrogen-bond acceptors (Lipinski definition) is 23. The first-order valence-corrected chi connectivity index (χ1v) is 27.3. The molecule has 0 unspecified atom stereocenters. The lowest BCUT2D eigenvalue weighted by atomic mass is 10.1. The maximum atomic E-state index is 12.6. The second kappa shape index (κ2) is 33.5. The van der Waals surface area contributed by atoms with Gasteiger partial charge in [0.2, 0.25) is 0 Å². The summed E-state index contributed by atoms with van der Waals surface area (Å²) in [5.41, 5.74) is 15.8. The van der Waals surface area contributed by atoms with Crippen molar-refractivity contribution in [2.45, 2.75) is 39.9 Å². The zero-order valence-corrected chi connectivity index (χ0v) is 50.7. The zero-order valence-electron chi connectivity index (χ0n) is 54.4. The predicted molar refractivity (Wildman–Crippen MR) is 343 cm³/mol. The van der Waals surface area contributed by atoms with Crippen molar-refractivity contribution >= 4 is 98.3 Å². The Morgan fingerprint density at radius 3 is 1.48 bits per heavy atom. The van der Waals surface area contributed by atoms with Gasteiger partial charge >= 0.3 is 0 Å². The van der Waals surface area contributed by atoms with Crippen LogP contribution in [0.2, 0.25) is 15.2 Å². The molecule has 10 rings (SSSR count). The predicted octanol–water partition coefficient (Wildman–Crippen LogP) is 12.2. The molecule has 28 heteroatoms. The molecule has 90 heavy (non-hydrogen) atoms. The van der Waals surface area contributed by atoms with Crippen LogP contribution in [-0.2, 0) is 14.1 Å². The van der Waals surface area contributed by atoms with E-state index in [9.17, 15) is 14.4 Å². The third-order valence-corrected chi connectivity index (χ3v) is 12.5. The minimum absolute atomic E-state index is 0.0482. The summed E-state index contributed by atoms with van der Waals surface area (Å²) >= 11 is 17.3. The average Bonchev–Trinajstić information content (AvgIpc) is 0.983. The number of aromatic nitrogens is 12. The monoisotopic (exact) mass is 1270 g/mol. The largest absolute Gasteiger partial charge is 0.494 e. The lowest BCUT2D eigenvalue weighted by Crippen LogP contribution is -2.07. The molecule has 0 fully saturated rings. The maximum absolute atomic E-state index is 12.6. The third kappa shape index (κ3) is 19.0. The van der Waals surface area contributed by atoms with Crippen LogP contribution in [0.4, 0.5) is 46.2 Å². The van der Waals surface area contributed by atoms with Gasteiger partial charge in [0.05, 0.1) is 69.1 Å². The molecule has 8 heterocycles. The van der Waals surface area contributed by atoms with Crippen molar-refractivity contribution in [2.24, 2.45) is 14.1 Å². The molecule has 2 aromatic carbocycles. The van der Waals surface area contributed by atoms with Crippen LogP contribution >= 0.6 is 34.8 Å². The number of nitriles is 3. The van der Waals surface area contributed by atoms with Crippen LogP contribution in [0, 0.1) is 34.0 Å². The number of para-hydroxylation sites is 2. The first-order chi connectivity index (χ1) is 45.6. The number of aryl methyl sites for hydroxylation is 2. The molecule has 0 amide bonds. The summed E-state index contributed by atoms with van der Waals surface area (Å²) in [5, 5.41) is 44.4. The fourth-order valence-electron chi connectivity index (χ4n) is 7.52.